The Morgan fingerprint density at radius 1 is 1.11 bits per heavy atom. The highest BCUT2D eigenvalue weighted by Gasteiger charge is 2.38. The highest BCUT2D eigenvalue weighted by molar-refractivity contribution is 6.09. The van der Waals surface area contributed by atoms with E-state index in [0.717, 1.165) is 12.1 Å². The minimum Gasteiger partial charge on any atom is -0.507 e. The molecule has 0 bridgehead atoms. The first-order chi connectivity index (χ1) is 8.91. The number of halogens is 3. The molecule has 2 rings (SSSR count). The highest BCUT2D eigenvalue weighted by atomic mass is 19.4. The molecule has 0 unspecified atom stereocenters. The lowest BCUT2D eigenvalue weighted by Gasteiger charge is -2.13. The van der Waals surface area contributed by atoms with E-state index in [4.69, 9.17) is 0 Å². The van der Waals surface area contributed by atoms with Crippen LogP contribution in [0, 0.1) is 0 Å². The summed E-state index contributed by atoms with van der Waals surface area (Å²) >= 11 is 0. The third-order valence-electron chi connectivity index (χ3n) is 2.47. The molecular weight excluding hydrogens is 259 g/mol. The van der Waals surface area contributed by atoms with Gasteiger partial charge >= 0.3 is 6.18 Å². The third-order valence-corrected chi connectivity index (χ3v) is 2.47. The fourth-order valence-electron chi connectivity index (χ4n) is 1.66. The number of hydrogen-bond donors (Lipinski definition) is 1. The Morgan fingerprint density at radius 2 is 1.84 bits per heavy atom. The van der Waals surface area contributed by atoms with Crippen molar-refractivity contribution in [2.45, 2.75) is 6.18 Å². The molecule has 19 heavy (non-hydrogen) atoms. The molecule has 1 N–H and O–H groups in total. The van der Waals surface area contributed by atoms with Crippen LogP contribution >= 0.6 is 0 Å². The van der Waals surface area contributed by atoms with Crippen LogP contribution in [0.25, 0.3) is 0 Å². The van der Waals surface area contributed by atoms with Gasteiger partial charge in [-0.15, -0.1) is 0 Å². The van der Waals surface area contributed by atoms with E-state index in [2.05, 4.69) is 4.98 Å². The van der Waals surface area contributed by atoms with Crippen molar-refractivity contribution in [1.29, 1.82) is 0 Å². The number of alkyl halides is 3. The maximum atomic E-state index is 12.9. The summed E-state index contributed by atoms with van der Waals surface area (Å²) in [4.78, 5) is 15.7. The van der Waals surface area contributed by atoms with Crippen LogP contribution in [0.3, 0.4) is 0 Å². The number of aromatic nitrogens is 1. The van der Waals surface area contributed by atoms with Crippen molar-refractivity contribution in [2.75, 3.05) is 0 Å². The molecule has 0 aliphatic heterocycles. The van der Waals surface area contributed by atoms with E-state index in [1.807, 2.05) is 0 Å². The zero-order valence-corrected chi connectivity index (χ0v) is 9.48. The number of aromatic hydroxyl groups is 1. The molecule has 0 radical (unpaired) electrons. The van der Waals surface area contributed by atoms with Crippen molar-refractivity contribution in [1.82, 2.24) is 4.98 Å². The average molecular weight is 267 g/mol. The van der Waals surface area contributed by atoms with Crippen LogP contribution in [0.2, 0.25) is 0 Å². The van der Waals surface area contributed by atoms with E-state index in [0.29, 0.717) is 0 Å². The standard InChI is InChI=1S/C13H8F3NO2/c14-13(15,16)11-8(4-3-6-10(11)18)12(19)9-5-1-2-7-17-9/h1-7,18H. The molecule has 0 saturated heterocycles. The Kier molecular flexibility index (Phi) is 3.25. The summed E-state index contributed by atoms with van der Waals surface area (Å²) in [6.45, 7) is 0. The molecule has 3 nitrogen and oxygen atoms in total. The van der Waals surface area contributed by atoms with Crippen molar-refractivity contribution < 1.29 is 23.1 Å². The number of hydrogen-bond acceptors (Lipinski definition) is 3. The minimum absolute atomic E-state index is 0.112. The monoisotopic (exact) mass is 267 g/mol. The van der Waals surface area contributed by atoms with Gasteiger partial charge in [-0.1, -0.05) is 18.2 Å². The number of carbonyl (C=O) groups excluding carboxylic acids is 1. The van der Waals surface area contributed by atoms with E-state index in [1.165, 1.54) is 24.4 Å². The van der Waals surface area contributed by atoms with Gasteiger partial charge in [-0.25, -0.2) is 0 Å². The Bertz CT molecular complexity index is 609. The molecule has 1 heterocycles. The molecule has 0 spiro atoms. The number of pyridine rings is 1. The fourth-order valence-corrected chi connectivity index (χ4v) is 1.66. The molecule has 0 atom stereocenters. The number of benzene rings is 1. The van der Waals surface area contributed by atoms with Crippen LogP contribution in [0.4, 0.5) is 13.2 Å². The van der Waals surface area contributed by atoms with Crippen LogP contribution in [0.5, 0.6) is 5.75 Å². The van der Waals surface area contributed by atoms with Gasteiger partial charge < -0.3 is 5.11 Å². The van der Waals surface area contributed by atoms with Crippen LogP contribution in [0.1, 0.15) is 21.6 Å². The number of ketones is 1. The van der Waals surface area contributed by atoms with Gasteiger partial charge in [-0.2, -0.15) is 13.2 Å². The molecule has 0 fully saturated rings. The minimum atomic E-state index is -4.81. The van der Waals surface area contributed by atoms with Crippen molar-refractivity contribution in [2.24, 2.45) is 0 Å². The normalized spacial score (nSPS) is 11.3. The van der Waals surface area contributed by atoms with Gasteiger partial charge in [0.1, 0.15) is 17.0 Å². The summed E-state index contributed by atoms with van der Waals surface area (Å²) in [6.07, 6.45) is -3.51. The van der Waals surface area contributed by atoms with Crippen LogP contribution in [-0.2, 0) is 6.18 Å². The van der Waals surface area contributed by atoms with Gasteiger partial charge in [-0.05, 0) is 18.2 Å². The van der Waals surface area contributed by atoms with Crippen molar-refractivity contribution in [3.8, 4) is 5.75 Å². The summed E-state index contributed by atoms with van der Waals surface area (Å²) in [5.41, 5.74) is -2.07. The molecule has 6 heteroatoms. The van der Waals surface area contributed by atoms with E-state index in [9.17, 15) is 23.1 Å². The molecule has 0 aliphatic carbocycles. The summed E-state index contributed by atoms with van der Waals surface area (Å²) in [5.74, 6) is -1.86. The Balaban J connectivity index is 2.58. The quantitative estimate of drug-likeness (QED) is 0.851. The maximum absolute atomic E-state index is 12.9. The summed E-state index contributed by atoms with van der Waals surface area (Å²) in [5, 5.41) is 9.33. The summed E-state index contributed by atoms with van der Waals surface area (Å²) < 4.78 is 38.6. The molecule has 98 valence electrons. The van der Waals surface area contributed by atoms with E-state index in [-0.39, 0.29) is 5.69 Å². The molecule has 0 saturated carbocycles. The van der Waals surface area contributed by atoms with Crippen molar-refractivity contribution in [3.63, 3.8) is 0 Å². The maximum Gasteiger partial charge on any atom is 0.420 e. The SMILES string of the molecule is O=C(c1ccccn1)c1cccc(O)c1C(F)(F)F. The van der Waals surface area contributed by atoms with Crippen LogP contribution in [-0.4, -0.2) is 15.9 Å². The van der Waals surface area contributed by atoms with Crippen LogP contribution < -0.4 is 0 Å². The molecule has 2 aromatic rings. The second-order valence-electron chi connectivity index (χ2n) is 3.74. The van der Waals surface area contributed by atoms with Gasteiger partial charge in [-0.3, -0.25) is 9.78 Å². The highest BCUT2D eigenvalue weighted by Crippen LogP contribution is 2.38. The van der Waals surface area contributed by atoms with Gasteiger partial charge in [0, 0.05) is 11.8 Å². The average Bonchev–Trinajstić information content (AvgIpc) is 2.37. The van der Waals surface area contributed by atoms with E-state index < -0.39 is 28.8 Å². The van der Waals surface area contributed by atoms with Gasteiger partial charge in [0.05, 0.1) is 0 Å². The molecule has 1 aromatic carbocycles. The lowest BCUT2D eigenvalue weighted by atomic mass is 10.00. The molecule has 0 aliphatic rings. The fraction of sp³-hybridized carbons (Fsp3) is 0.0769. The summed E-state index contributed by atoms with van der Waals surface area (Å²) in [7, 11) is 0. The predicted molar refractivity (Wildman–Crippen MR) is 60.8 cm³/mol. The summed E-state index contributed by atoms with van der Waals surface area (Å²) in [6, 6.07) is 7.44. The smallest absolute Gasteiger partial charge is 0.420 e. The number of phenolic OH excluding ortho intramolecular Hbond substituents is 1. The second-order valence-corrected chi connectivity index (χ2v) is 3.74. The first-order valence-corrected chi connectivity index (χ1v) is 5.26. The van der Waals surface area contributed by atoms with Crippen LogP contribution in [0.15, 0.2) is 42.6 Å². The third kappa shape index (κ3) is 2.57. The van der Waals surface area contributed by atoms with Gasteiger partial charge in [0.2, 0.25) is 5.78 Å². The second kappa shape index (κ2) is 4.72. The number of carbonyl (C=O) groups is 1. The molecular formula is C13H8F3NO2. The molecule has 0 amide bonds. The van der Waals surface area contributed by atoms with E-state index in [1.54, 1.807) is 6.07 Å². The largest absolute Gasteiger partial charge is 0.507 e. The zero-order valence-electron chi connectivity index (χ0n) is 9.48. The first kappa shape index (κ1) is 13.1. The zero-order chi connectivity index (χ0) is 14.0. The van der Waals surface area contributed by atoms with Crippen molar-refractivity contribution >= 4 is 5.78 Å². The van der Waals surface area contributed by atoms with Gasteiger partial charge in [0.15, 0.2) is 0 Å². The van der Waals surface area contributed by atoms with E-state index >= 15 is 0 Å². The first-order valence-electron chi connectivity index (χ1n) is 5.26. The Morgan fingerprint density at radius 3 is 2.42 bits per heavy atom. The number of phenols is 1. The number of rotatable bonds is 2. The lowest BCUT2D eigenvalue weighted by Crippen LogP contribution is -2.14. The Labute approximate surface area is 106 Å². The Hall–Kier alpha value is -2.37. The van der Waals surface area contributed by atoms with Crippen molar-refractivity contribution in [3.05, 3.63) is 59.4 Å². The van der Waals surface area contributed by atoms with Gasteiger partial charge in [0.25, 0.3) is 0 Å². The lowest BCUT2D eigenvalue weighted by molar-refractivity contribution is -0.139. The predicted octanol–water partition coefficient (Wildman–Crippen LogP) is 3.04. The topological polar surface area (TPSA) is 50.2 Å². The molecule has 1 aromatic heterocycles. The number of nitrogens with zero attached hydrogens (tertiary/aromatic N) is 1.